The average Bonchev–Trinajstić information content (AvgIpc) is 2.09. The van der Waals surface area contributed by atoms with Crippen LogP contribution in [0.5, 0.6) is 0 Å². The van der Waals surface area contributed by atoms with Gasteiger partial charge in [0.1, 0.15) is 6.61 Å². The summed E-state index contributed by atoms with van der Waals surface area (Å²) in [4.78, 5) is 9.91. The van der Waals surface area contributed by atoms with E-state index in [4.69, 9.17) is 10.8 Å². The smallest absolute Gasteiger partial charge is 0.260 e. The molecule has 13 heavy (non-hydrogen) atoms. The van der Waals surface area contributed by atoms with Crippen molar-refractivity contribution in [2.45, 2.75) is 6.04 Å². The second-order valence-electron chi connectivity index (χ2n) is 2.65. The number of aliphatic hydroxyl groups is 1. The normalized spacial score (nSPS) is 12.4. The van der Waals surface area contributed by atoms with Gasteiger partial charge in [-0.1, -0.05) is 12.1 Å². The molecule has 0 radical (unpaired) electrons. The van der Waals surface area contributed by atoms with Gasteiger partial charge in [-0.2, -0.15) is 0 Å². The van der Waals surface area contributed by atoms with Crippen molar-refractivity contribution in [3.05, 3.63) is 39.9 Å². The molecule has 0 spiro atoms. The topological polar surface area (TPSA) is 89.4 Å². The zero-order valence-electron chi connectivity index (χ0n) is 6.88. The average molecular weight is 182 g/mol. The fourth-order valence-corrected chi connectivity index (χ4v) is 1.01. The maximum absolute atomic E-state index is 10.4. The van der Waals surface area contributed by atoms with Gasteiger partial charge in [0.2, 0.25) is 0 Å². The summed E-state index contributed by atoms with van der Waals surface area (Å²) in [5.74, 6) is 0. The molecular formula is C8H10N2O3. The summed E-state index contributed by atoms with van der Waals surface area (Å²) in [6.45, 7) is -0.503. The number of rotatable bonds is 3. The largest absolute Gasteiger partial charge is 0.399 e. The van der Waals surface area contributed by atoms with E-state index in [2.05, 4.69) is 0 Å². The zero-order chi connectivity index (χ0) is 9.84. The first-order valence-electron chi connectivity index (χ1n) is 3.75. The van der Waals surface area contributed by atoms with Crippen molar-refractivity contribution in [2.24, 2.45) is 0 Å². The third-order valence-electron chi connectivity index (χ3n) is 1.75. The minimum atomic E-state index is -1.06. The lowest BCUT2D eigenvalue weighted by molar-refractivity contribution is -0.532. The molecule has 0 aliphatic carbocycles. The van der Waals surface area contributed by atoms with Gasteiger partial charge in [-0.3, -0.25) is 10.1 Å². The SMILES string of the molecule is Nc1ccc(C(CO)[N+](=O)[O-])cc1. The van der Waals surface area contributed by atoms with Crippen LogP contribution in [0.15, 0.2) is 24.3 Å². The van der Waals surface area contributed by atoms with Gasteiger partial charge in [-0.15, -0.1) is 0 Å². The molecule has 1 rings (SSSR count). The Kier molecular flexibility index (Phi) is 2.81. The summed E-state index contributed by atoms with van der Waals surface area (Å²) >= 11 is 0. The predicted molar refractivity (Wildman–Crippen MR) is 47.7 cm³/mol. The van der Waals surface area contributed by atoms with Gasteiger partial charge in [-0.25, -0.2) is 0 Å². The van der Waals surface area contributed by atoms with Gasteiger partial charge >= 0.3 is 0 Å². The number of nitrogens with zero attached hydrogens (tertiary/aromatic N) is 1. The van der Waals surface area contributed by atoms with Gasteiger partial charge in [0.25, 0.3) is 6.04 Å². The first-order chi connectivity index (χ1) is 6.15. The highest BCUT2D eigenvalue weighted by Crippen LogP contribution is 2.16. The Hall–Kier alpha value is -1.62. The Bertz CT molecular complexity index is 297. The van der Waals surface area contributed by atoms with Crippen LogP contribution in [-0.4, -0.2) is 16.6 Å². The maximum atomic E-state index is 10.4. The molecule has 70 valence electrons. The second kappa shape index (κ2) is 3.86. The van der Waals surface area contributed by atoms with E-state index in [0.29, 0.717) is 11.3 Å². The molecule has 0 amide bonds. The third-order valence-corrected chi connectivity index (χ3v) is 1.75. The molecule has 1 atom stereocenters. The fraction of sp³-hybridized carbons (Fsp3) is 0.250. The number of nitro groups is 1. The highest BCUT2D eigenvalue weighted by molar-refractivity contribution is 5.39. The van der Waals surface area contributed by atoms with E-state index in [1.165, 1.54) is 0 Å². The first-order valence-corrected chi connectivity index (χ1v) is 3.75. The molecule has 5 nitrogen and oxygen atoms in total. The highest BCUT2D eigenvalue weighted by Gasteiger charge is 2.20. The third kappa shape index (κ3) is 2.16. The van der Waals surface area contributed by atoms with Gasteiger partial charge in [0.15, 0.2) is 0 Å². The number of benzene rings is 1. The van der Waals surface area contributed by atoms with Crippen LogP contribution in [0.3, 0.4) is 0 Å². The van der Waals surface area contributed by atoms with Crippen molar-refractivity contribution in [2.75, 3.05) is 12.3 Å². The Morgan fingerprint density at radius 3 is 2.38 bits per heavy atom. The molecule has 0 aliphatic heterocycles. The van der Waals surface area contributed by atoms with Crippen molar-refractivity contribution in [3.8, 4) is 0 Å². The van der Waals surface area contributed by atoms with E-state index >= 15 is 0 Å². The monoisotopic (exact) mass is 182 g/mol. The molecule has 1 aromatic carbocycles. The number of nitrogens with two attached hydrogens (primary N) is 1. The summed E-state index contributed by atoms with van der Waals surface area (Å²) in [7, 11) is 0. The van der Waals surface area contributed by atoms with E-state index in [1.807, 2.05) is 0 Å². The number of aliphatic hydroxyl groups excluding tert-OH is 1. The molecule has 0 aliphatic rings. The Morgan fingerprint density at radius 1 is 1.46 bits per heavy atom. The van der Waals surface area contributed by atoms with Crippen molar-refractivity contribution in [1.82, 2.24) is 0 Å². The summed E-state index contributed by atoms with van der Waals surface area (Å²) in [6, 6.07) is 5.17. The standard InChI is InChI=1S/C8H10N2O3/c9-7-3-1-6(2-4-7)8(5-11)10(12)13/h1-4,8,11H,5,9H2. The van der Waals surface area contributed by atoms with Crippen molar-refractivity contribution >= 4 is 5.69 Å². The summed E-state index contributed by atoms with van der Waals surface area (Å²) < 4.78 is 0. The van der Waals surface area contributed by atoms with Crippen LogP contribution >= 0.6 is 0 Å². The molecule has 0 bridgehead atoms. The van der Waals surface area contributed by atoms with Crippen molar-refractivity contribution in [1.29, 1.82) is 0 Å². The van der Waals surface area contributed by atoms with Crippen LogP contribution in [0.2, 0.25) is 0 Å². The number of nitrogen functional groups attached to an aromatic ring is 1. The first kappa shape index (κ1) is 9.47. The lowest BCUT2D eigenvalue weighted by atomic mass is 10.1. The molecule has 5 heteroatoms. The van der Waals surface area contributed by atoms with Gasteiger partial charge in [0, 0.05) is 16.2 Å². The summed E-state index contributed by atoms with van der Waals surface area (Å²) in [5.41, 5.74) is 6.42. The molecule has 0 saturated carbocycles. The quantitative estimate of drug-likeness (QED) is 0.406. The minimum absolute atomic E-state index is 0.460. The Morgan fingerprint density at radius 2 is 2.00 bits per heavy atom. The van der Waals surface area contributed by atoms with Crippen LogP contribution in [0.4, 0.5) is 5.69 Å². The van der Waals surface area contributed by atoms with Gasteiger partial charge in [-0.05, 0) is 12.1 Å². The molecule has 3 N–H and O–H groups in total. The fourth-order valence-electron chi connectivity index (χ4n) is 1.01. The van der Waals surface area contributed by atoms with Crippen LogP contribution < -0.4 is 5.73 Å². The van der Waals surface area contributed by atoms with Crippen LogP contribution in [-0.2, 0) is 0 Å². The molecule has 0 aromatic heterocycles. The lowest BCUT2D eigenvalue weighted by Gasteiger charge is -2.05. The number of anilines is 1. The minimum Gasteiger partial charge on any atom is -0.399 e. The van der Waals surface area contributed by atoms with Crippen molar-refractivity contribution in [3.63, 3.8) is 0 Å². The summed E-state index contributed by atoms with van der Waals surface area (Å²) in [6.07, 6.45) is 0. The zero-order valence-corrected chi connectivity index (χ0v) is 6.88. The predicted octanol–water partition coefficient (Wildman–Crippen LogP) is 0.579. The van der Waals surface area contributed by atoms with E-state index < -0.39 is 17.6 Å². The van der Waals surface area contributed by atoms with Crippen LogP contribution in [0.1, 0.15) is 11.6 Å². The van der Waals surface area contributed by atoms with Crippen LogP contribution in [0.25, 0.3) is 0 Å². The Labute approximate surface area is 74.9 Å². The molecule has 0 fully saturated rings. The van der Waals surface area contributed by atoms with E-state index in [9.17, 15) is 10.1 Å². The van der Waals surface area contributed by atoms with Crippen molar-refractivity contribution < 1.29 is 10.0 Å². The summed E-state index contributed by atoms with van der Waals surface area (Å²) in [5, 5.41) is 19.2. The molecule has 0 saturated heterocycles. The number of hydrogen-bond donors (Lipinski definition) is 2. The van der Waals surface area contributed by atoms with Gasteiger partial charge < -0.3 is 10.8 Å². The molecular weight excluding hydrogens is 172 g/mol. The highest BCUT2D eigenvalue weighted by atomic mass is 16.6. The van der Waals surface area contributed by atoms with Crippen LogP contribution in [0, 0.1) is 10.1 Å². The maximum Gasteiger partial charge on any atom is 0.260 e. The van der Waals surface area contributed by atoms with E-state index in [0.717, 1.165) is 0 Å². The Balaban J connectivity index is 2.92. The second-order valence-corrected chi connectivity index (χ2v) is 2.65. The van der Waals surface area contributed by atoms with E-state index in [1.54, 1.807) is 24.3 Å². The number of hydrogen-bond acceptors (Lipinski definition) is 4. The van der Waals surface area contributed by atoms with Gasteiger partial charge in [0.05, 0.1) is 0 Å². The lowest BCUT2D eigenvalue weighted by Crippen LogP contribution is -2.14. The van der Waals surface area contributed by atoms with E-state index in [-0.39, 0.29) is 0 Å². The molecule has 0 heterocycles. The molecule has 1 unspecified atom stereocenters. The molecule has 1 aromatic rings.